The standard InChI is InChI=1S/C28H47NO2/c1-4-5-6-7-8-9-12-20-13-14-22-21-19-24-28(31-25(30)29-24)17-11-10-16-27(28,3)23(21)15-18-26(20,22)2/h20-24H,4-19H2,1-3H3,(H,29,30)/t20-,21-,22-,23-,24-,26+,27+,28-/m0/s1. The van der Waals surface area contributed by atoms with E-state index in [1.807, 2.05) is 0 Å². The largest absolute Gasteiger partial charge is 0.440 e. The van der Waals surface area contributed by atoms with Gasteiger partial charge in [0.25, 0.3) is 0 Å². The lowest BCUT2D eigenvalue weighted by molar-refractivity contribution is -0.196. The maximum atomic E-state index is 12.4. The highest BCUT2D eigenvalue weighted by Gasteiger charge is 2.70. The van der Waals surface area contributed by atoms with Gasteiger partial charge in [0.15, 0.2) is 0 Å². The third kappa shape index (κ3) is 3.30. The lowest BCUT2D eigenvalue weighted by Gasteiger charge is -2.64. The molecule has 1 saturated heterocycles. The molecule has 0 unspecified atom stereocenters. The normalized spacial score (nSPS) is 48.2. The van der Waals surface area contributed by atoms with Crippen LogP contribution >= 0.6 is 0 Å². The zero-order chi connectivity index (χ0) is 21.7. The number of unbranched alkanes of at least 4 members (excludes halogenated alkanes) is 5. The maximum Gasteiger partial charge on any atom is 0.408 e. The monoisotopic (exact) mass is 429 g/mol. The van der Waals surface area contributed by atoms with Gasteiger partial charge in [-0.25, -0.2) is 4.79 Å². The van der Waals surface area contributed by atoms with E-state index in [2.05, 4.69) is 26.1 Å². The second-order valence-corrected chi connectivity index (χ2v) is 12.6. The fraction of sp³-hybridized carbons (Fsp3) is 0.964. The van der Waals surface area contributed by atoms with Gasteiger partial charge in [-0.15, -0.1) is 0 Å². The number of hydrogen-bond acceptors (Lipinski definition) is 2. The van der Waals surface area contributed by atoms with Gasteiger partial charge in [0.1, 0.15) is 5.60 Å². The maximum absolute atomic E-state index is 12.4. The van der Waals surface area contributed by atoms with Crippen LogP contribution in [-0.2, 0) is 4.74 Å². The summed E-state index contributed by atoms with van der Waals surface area (Å²) in [6.07, 6.45) is 21.6. The van der Waals surface area contributed by atoms with Crippen LogP contribution in [-0.4, -0.2) is 17.7 Å². The van der Waals surface area contributed by atoms with Gasteiger partial charge in [0, 0.05) is 5.41 Å². The van der Waals surface area contributed by atoms with E-state index in [0.717, 1.165) is 30.1 Å². The summed E-state index contributed by atoms with van der Waals surface area (Å²) >= 11 is 0. The van der Waals surface area contributed by atoms with Crippen molar-refractivity contribution in [2.45, 2.75) is 135 Å². The Morgan fingerprint density at radius 3 is 2.55 bits per heavy atom. The Hall–Kier alpha value is -0.730. The summed E-state index contributed by atoms with van der Waals surface area (Å²) in [4.78, 5) is 12.4. The number of alkyl carbamates (subject to hydrolysis) is 1. The Morgan fingerprint density at radius 1 is 0.935 bits per heavy atom. The van der Waals surface area contributed by atoms with Gasteiger partial charge in [0.2, 0.25) is 0 Å². The van der Waals surface area contributed by atoms with Crippen LogP contribution < -0.4 is 5.32 Å². The molecule has 176 valence electrons. The first-order valence-corrected chi connectivity index (χ1v) is 13.9. The Kier molecular flexibility index (Phi) is 5.87. The van der Waals surface area contributed by atoms with Crippen LogP contribution in [0.4, 0.5) is 4.79 Å². The number of hydrogen-bond donors (Lipinski definition) is 1. The van der Waals surface area contributed by atoms with Gasteiger partial charge in [-0.2, -0.15) is 0 Å². The summed E-state index contributed by atoms with van der Waals surface area (Å²) in [5.41, 5.74) is 0.503. The van der Waals surface area contributed by atoms with Crippen LogP contribution in [0.5, 0.6) is 0 Å². The van der Waals surface area contributed by atoms with E-state index in [0.29, 0.717) is 5.41 Å². The van der Waals surface area contributed by atoms with Crippen LogP contribution in [0.1, 0.15) is 124 Å². The number of carbonyl (C=O) groups excluding carboxylic acids is 1. The zero-order valence-electron chi connectivity index (χ0n) is 20.5. The summed E-state index contributed by atoms with van der Waals surface area (Å²) in [5.74, 6) is 3.34. The topological polar surface area (TPSA) is 38.3 Å². The molecular formula is C28H47NO2. The Labute approximate surface area is 190 Å². The van der Waals surface area contributed by atoms with Crippen molar-refractivity contribution in [2.75, 3.05) is 0 Å². The first-order chi connectivity index (χ1) is 14.9. The molecule has 31 heavy (non-hydrogen) atoms. The lowest BCUT2D eigenvalue weighted by Crippen LogP contribution is -2.67. The average Bonchev–Trinajstić information content (AvgIpc) is 3.25. The average molecular weight is 430 g/mol. The lowest BCUT2D eigenvalue weighted by atomic mass is 9.42. The molecule has 0 aromatic heterocycles. The predicted octanol–water partition coefficient (Wildman–Crippen LogP) is 7.63. The molecule has 4 saturated carbocycles. The van der Waals surface area contributed by atoms with Crippen molar-refractivity contribution in [2.24, 2.45) is 34.5 Å². The van der Waals surface area contributed by atoms with Gasteiger partial charge in [-0.3, -0.25) is 0 Å². The van der Waals surface area contributed by atoms with Crippen molar-refractivity contribution in [3.8, 4) is 0 Å². The Morgan fingerprint density at radius 2 is 1.71 bits per heavy atom. The van der Waals surface area contributed by atoms with Crippen LogP contribution in [0.15, 0.2) is 0 Å². The van der Waals surface area contributed by atoms with Gasteiger partial charge in [-0.1, -0.05) is 65.7 Å². The molecule has 1 N–H and O–H groups in total. The molecule has 1 spiro atoms. The Balaban J connectivity index is 1.31. The zero-order valence-corrected chi connectivity index (χ0v) is 20.5. The molecule has 4 aliphatic carbocycles. The summed E-state index contributed by atoms with van der Waals surface area (Å²) in [6.45, 7) is 7.49. The van der Waals surface area contributed by atoms with Crippen molar-refractivity contribution in [1.29, 1.82) is 0 Å². The quantitative estimate of drug-likeness (QED) is 0.422. The Bertz CT molecular complexity index is 678. The van der Waals surface area contributed by atoms with Crippen molar-refractivity contribution < 1.29 is 9.53 Å². The number of amides is 1. The van der Waals surface area contributed by atoms with Crippen molar-refractivity contribution in [3.05, 3.63) is 0 Å². The molecule has 0 bridgehead atoms. The van der Waals surface area contributed by atoms with Crippen molar-refractivity contribution in [3.63, 3.8) is 0 Å². The molecule has 8 atom stereocenters. The second kappa shape index (κ2) is 8.24. The summed E-state index contributed by atoms with van der Waals surface area (Å²) in [7, 11) is 0. The highest BCUT2D eigenvalue weighted by atomic mass is 16.6. The molecule has 3 heteroatoms. The number of nitrogens with one attached hydrogen (secondary N) is 1. The summed E-state index contributed by atoms with van der Waals surface area (Å²) in [6, 6.07) is 0.256. The van der Waals surface area contributed by atoms with Crippen molar-refractivity contribution >= 4 is 6.09 Å². The van der Waals surface area contributed by atoms with Gasteiger partial charge in [-0.05, 0) is 86.9 Å². The summed E-state index contributed by atoms with van der Waals surface area (Å²) in [5, 5.41) is 3.31. The predicted molar refractivity (Wildman–Crippen MR) is 126 cm³/mol. The first-order valence-electron chi connectivity index (χ1n) is 13.9. The van der Waals surface area contributed by atoms with E-state index in [1.165, 1.54) is 96.3 Å². The number of rotatable bonds is 7. The number of ether oxygens (including phenoxy) is 1. The van der Waals surface area contributed by atoms with Crippen LogP contribution in [0.3, 0.4) is 0 Å². The molecule has 1 heterocycles. The molecule has 5 fully saturated rings. The third-order valence-corrected chi connectivity index (χ3v) is 11.5. The van der Waals surface area contributed by atoms with Gasteiger partial charge >= 0.3 is 6.09 Å². The molecule has 3 nitrogen and oxygen atoms in total. The van der Waals surface area contributed by atoms with Crippen LogP contribution in [0.2, 0.25) is 0 Å². The molecule has 0 aromatic carbocycles. The molecule has 0 radical (unpaired) electrons. The van der Waals surface area contributed by atoms with E-state index in [-0.39, 0.29) is 23.2 Å². The number of fused-ring (bicyclic) bond motifs is 4. The van der Waals surface area contributed by atoms with E-state index >= 15 is 0 Å². The van der Waals surface area contributed by atoms with E-state index < -0.39 is 0 Å². The van der Waals surface area contributed by atoms with E-state index in [1.54, 1.807) is 0 Å². The van der Waals surface area contributed by atoms with Gasteiger partial charge in [0.05, 0.1) is 6.04 Å². The fourth-order valence-electron chi connectivity index (χ4n) is 9.82. The molecule has 1 aliphatic heterocycles. The fourth-order valence-corrected chi connectivity index (χ4v) is 9.82. The molecule has 5 rings (SSSR count). The molecular weight excluding hydrogens is 382 g/mol. The third-order valence-electron chi connectivity index (χ3n) is 11.5. The molecule has 0 aromatic rings. The second-order valence-electron chi connectivity index (χ2n) is 12.6. The van der Waals surface area contributed by atoms with Crippen LogP contribution in [0.25, 0.3) is 0 Å². The molecule has 5 aliphatic rings. The first kappa shape index (κ1) is 22.1. The highest BCUT2D eigenvalue weighted by molar-refractivity contribution is 5.71. The van der Waals surface area contributed by atoms with Gasteiger partial charge < -0.3 is 10.1 Å². The molecule has 1 amide bonds. The van der Waals surface area contributed by atoms with Crippen molar-refractivity contribution in [1.82, 2.24) is 5.32 Å². The smallest absolute Gasteiger partial charge is 0.408 e. The van der Waals surface area contributed by atoms with E-state index in [4.69, 9.17) is 4.74 Å². The SMILES string of the molecule is CCCCCCCC[C@H]1CC[C@H]2[C@@H]3C[C@@H]4NC(=O)O[C@@]45CCCC[C@]5(C)[C@H]3CC[C@]12C. The minimum atomic E-state index is -0.215. The minimum Gasteiger partial charge on any atom is -0.440 e. The minimum absolute atomic E-state index is 0.132. The number of carbonyl (C=O) groups is 1. The van der Waals surface area contributed by atoms with Crippen LogP contribution in [0, 0.1) is 34.5 Å². The highest BCUT2D eigenvalue weighted by Crippen LogP contribution is 2.70. The summed E-state index contributed by atoms with van der Waals surface area (Å²) < 4.78 is 6.21. The van der Waals surface area contributed by atoms with E-state index in [9.17, 15) is 4.79 Å².